The number of likely N-dealkylation sites (N-methyl/N-ethyl adjacent to an activating group) is 1. The highest BCUT2D eigenvalue weighted by atomic mass is 32.2. The Morgan fingerprint density at radius 1 is 1.04 bits per heavy atom. The number of quaternary nitrogens is 1. The summed E-state index contributed by atoms with van der Waals surface area (Å²) in [4.78, 5) is 5.06. The molecule has 0 saturated heterocycles. The number of thioether (sulfide) groups is 1. The molecule has 0 bridgehead atoms. The average Bonchev–Trinajstić information content (AvgIpc) is 2.96. The maximum absolute atomic E-state index is 2.31. The molecule has 124 valence electrons. The summed E-state index contributed by atoms with van der Waals surface area (Å²) in [6, 6.07) is 17.3. The number of allylic oxidation sites excluding steroid dienone is 2. The van der Waals surface area contributed by atoms with E-state index in [1.165, 1.54) is 26.7 Å². The highest BCUT2D eigenvalue weighted by Crippen LogP contribution is 2.33. The van der Waals surface area contributed by atoms with E-state index in [0.717, 1.165) is 6.54 Å². The van der Waals surface area contributed by atoms with E-state index in [4.69, 9.17) is 0 Å². The topological polar surface area (TPSA) is 7.68 Å². The van der Waals surface area contributed by atoms with Crippen LogP contribution in [0.1, 0.15) is 12.5 Å². The van der Waals surface area contributed by atoms with Crippen LogP contribution in [0.15, 0.2) is 71.7 Å². The van der Waals surface area contributed by atoms with Crippen molar-refractivity contribution < 1.29 is 4.90 Å². The summed E-state index contributed by atoms with van der Waals surface area (Å²) in [6.45, 7) is 3.36. The summed E-state index contributed by atoms with van der Waals surface area (Å²) in [5.74, 6) is 0. The Kier molecular flexibility index (Phi) is 5.44. The van der Waals surface area contributed by atoms with Gasteiger partial charge in [0.2, 0.25) is 0 Å². The van der Waals surface area contributed by atoms with Crippen molar-refractivity contribution in [2.45, 2.75) is 17.2 Å². The molecule has 0 aromatic heterocycles. The van der Waals surface area contributed by atoms with Crippen LogP contribution in [-0.4, -0.2) is 26.0 Å². The lowest BCUT2D eigenvalue weighted by Gasteiger charge is -2.15. The van der Waals surface area contributed by atoms with Crippen LogP contribution in [0.5, 0.6) is 0 Å². The van der Waals surface area contributed by atoms with Crippen molar-refractivity contribution in [3.05, 3.63) is 72.3 Å². The van der Waals surface area contributed by atoms with Gasteiger partial charge in [0.25, 0.3) is 0 Å². The highest BCUT2D eigenvalue weighted by molar-refractivity contribution is 8.00. The molecule has 0 fully saturated rings. The summed E-state index contributed by atoms with van der Waals surface area (Å²) >= 11 is 1.96. The fourth-order valence-electron chi connectivity index (χ4n) is 2.96. The second-order valence-corrected chi connectivity index (χ2v) is 7.33. The molecule has 2 nitrogen and oxygen atoms in total. The van der Waals surface area contributed by atoms with Crippen LogP contribution in [-0.2, 0) is 0 Å². The summed E-state index contributed by atoms with van der Waals surface area (Å²) in [5.41, 5.74) is 3.89. The van der Waals surface area contributed by atoms with E-state index in [-0.39, 0.29) is 0 Å². The minimum Gasteiger partial charge on any atom is -0.378 e. The first-order valence-electron chi connectivity index (χ1n) is 8.43. The molecule has 1 N–H and O–H groups in total. The van der Waals surface area contributed by atoms with Crippen LogP contribution in [0.2, 0.25) is 0 Å². The van der Waals surface area contributed by atoms with Gasteiger partial charge in [-0.05, 0) is 36.8 Å². The van der Waals surface area contributed by atoms with E-state index in [2.05, 4.69) is 98.8 Å². The molecule has 2 atom stereocenters. The molecule has 0 saturated carbocycles. The largest absolute Gasteiger partial charge is 0.378 e. The van der Waals surface area contributed by atoms with Gasteiger partial charge in [0, 0.05) is 25.8 Å². The first kappa shape index (κ1) is 16.9. The Morgan fingerprint density at radius 2 is 1.79 bits per heavy atom. The summed E-state index contributed by atoms with van der Waals surface area (Å²) in [6.07, 6.45) is 8.79. The molecule has 1 aliphatic rings. The molecule has 3 heteroatoms. The number of nitrogens with one attached hydrogen (secondary N) is 1. The van der Waals surface area contributed by atoms with Gasteiger partial charge in [-0.3, -0.25) is 4.90 Å². The Bertz CT molecular complexity index is 732. The van der Waals surface area contributed by atoms with Crippen LogP contribution in [0.3, 0.4) is 0 Å². The molecular formula is C21H25N2S+. The standard InChI is InChI=1S/C21H24N2S/c1-4-23-19-10-6-7-11-20(19)24-21(23)12-8-5-9-17-13-15-18(16-14-17)22(2)3/h5-16,21H,4H2,1-3H3/p+1/b9-5+,12-8+. The number of nitrogens with zero attached hydrogens (tertiary/aromatic N) is 1. The zero-order chi connectivity index (χ0) is 16.9. The average molecular weight is 338 g/mol. The van der Waals surface area contributed by atoms with E-state index in [1.54, 1.807) is 0 Å². The SMILES string of the molecule is CC[NH+]1c2ccccc2SC1/C=C/C=C/c1ccc(N(C)C)cc1. The van der Waals surface area contributed by atoms with Gasteiger partial charge >= 0.3 is 0 Å². The first-order chi connectivity index (χ1) is 11.7. The van der Waals surface area contributed by atoms with Gasteiger partial charge in [-0.2, -0.15) is 0 Å². The maximum atomic E-state index is 2.31. The van der Waals surface area contributed by atoms with Crippen LogP contribution in [0.4, 0.5) is 11.4 Å². The molecule has 3 rings (SSSR count). The first-order valence-corrected chi connectivity index (χ1v) is 9.31. The molecule has 2 aromatic carbocycles. The molecule has 0 radical (unpaired) electrons. The smallest absolute Gasteiger partial charge is 0.163 e. The van der Waals surface area contributed by atoms with Crippen LogP contribution in [0, 0.1) is 0 Å². The van der Waals surface area contributed by atoms with E-state index < -0.39 is 0 Å². The Labute approximate surface area is 149 Å². The van der Waals surface area contributed by atoms with E-state index in [1.807, 2.05) is 11.8 Å². The maximum Gasteiger partial charge on any atom is 0.163 e. The number of anilines is 1. The van der Waals surface area contributed by atoms with Gasteiger partial charge in [0.15, 0.2) is 5.37 Å². The number of benzene rings is 2. The van der Waals surface area contributed by atoms with Gasteiger partial charge in [-0.1, -0.05) is 54.3 Å². The van der Waals surface area contributed by atoms with E-state index in [9.17, 15) is 0 Å². The molecule has 0 aliphatic carbocycles. The molecule has 24 heavy (non-hydrogen) atoms. The van der Waals surface area contributed by atoms with Gasteiger partial charge in [0.05, 0.1) is 11.4 Å². The number of hydrogen-bond acceptors (Lipinski definition) is 2. The number of fused-ring (bicyclic) bond motifs is 1. The van der Waals surface area contributed by atoms with Crippen LogP contribution < -0.4 is 9.80 Å². The molecular weight excluding hydrogens is 312 g/mol. The minimum atomic E-state index is 0.466. The lowest BCUT2D eigenvalue weighted by molar-refractivity contribution is -0.833. The van der Waals surface area contributed by atoms with Crippen molar-refractivity contribution >= 4 is 29.2 Å². The van der Waals surface area contributed by atoms with E-state index in [0.29, 0.717) is 5.37 Å². The van der Waals surface area contributed by atoms with Crippen molar-refractivity contribution in [3.63, 3.8) is 0 Å². The third-order valence-electron chi connectivity index (χ3n) is 4.31. The predicted molar refractivity (Wildman–Crippen MR) is 106 cm³/mol. The van der Waals surface area contributed by atoms with Gasteiger partial charge < -0.3 is 4.90 Å². The lowest BCUT2D eigenvalue weighted by Crippen LogP contribution is -3.08. The van der Waals surface area contributed by atoms with Gasteiger partial charge in [0.1, 0.15) is 5.69 Å². The third kappa shape index (κ3) is 3.74. The number of hydrogen-bond donors (Lipinski definition) is 1. The van der Waals surface area contributed by atoms with Crippen molar-refractivity contribution in [2.75, 3.05) is 25.5 Å². The van der Waals surface area contributed by atoms with Crippen molar-refractivity contribution in [3.8, 4) is 0 Å². The second-order valence-electron chi connectivity index (χ2n) is 6.14. The summed E-state index contributed by atoms with van der Waals surface area (Å²) < 4.78 is 0. The number of para-hydroxylation sites is 1. The molecule has 1 heterocycles. The molecule has 0 spiro atoms. The highest BCUT2D eigenvalue weighted by Gasteiger charge is 2.31. The van der Waals surface area contributed by atoms with Gasteiger partial charge in [-0.15, -0.1) is 0 Å². The molecule has 2 unspecified atom stereocenters. The quantitative estimate of drug-likeness (QED) is 0.825. The Balaban J connectivity index is 1.64. The fourth-order valence-corrected chi connectivity index (χ4v) is 4.32. The van der Waals surface area contributed by atoms with E-state index >= 15 is 0 Å². The zero-order valence-electron chi connectivity index (χ0n) is 14.6. The zero-order valence-corrected chi connectivity index (χ0v) is 15.4. The minimum absolute atomic E-state index is 0.466. The third-order valence-corrected chi connectivity index (χ3v) is 5.61. The van der Waals surface area contributed by atoms with Crippen LogP contribution >= 0.6 is 11.8 Å². The summed E-state index contributed by atoms with van der Waals surface area (Å²) in [7, 11) is 4.12. The predicted octanol–water partition coefficient (Wildman–Crippen LogP) is 3.99. The summed E-state index contributed by atoms with van der Waals surface area (Å²) in [5, 5.41) is 0.466. The second kappa shape index (κ2) is 7.73. The van der Waals surface area contributed by atoms with Crippen molar-refractivity contribution in [2.24, 2.45) is 0 Å². The lowest BCUT2D eigenvalue weighted by atomic mass is 10.2. The number of rotatable bonds is 5. The monoisotopic (exact) mass is 337 g/mol. The fraction of sp³-hybridized carbons (Fsp3) is 0.238. The molecule has 2 aromatic rings. The Morgan fingerprint density at radius 3 is 2.50 bits per heavy atom. The van der Waals surface area contributed by atoms with Crippen LogP contribution in [0.25, 0.3) is 6.08 Å². The molecule has 1 aliphatic heterocycles. The normalized spacial score (nSPS) is 20.0. The van der Waals surface area contributed by atoms with Crippen molar-refractivity contribution in [1.82, 2.24) is 0 Å². The van der Waals surface area contributed by atoms with Crippen molar-refractivity contribution in [1.29, 1.82) is 0 Å². The Hall–Kier alpha value is -1.97. The molecule has 0 amide bonds. The van der Waals surface area contributed by atoms with Gasteiger partial charge in [-0.25, -0.2) is 0 Å².